The molecule has 0 fully saturated rings. The number of esters is 1. The van der Waals surface area contributed by atoms with Gasteiger partial charge in [0.05, 0.1) is 24.3 Å². The second kappa shape index (κ2) is 8.63. The first-order valence-corrected chi connectivity index (χ1v) is 8.16. The summed E-state index contributed by atoms with van der Waals surface area (Å²) in [6.45, 7) is 3.83. The molecule has 1 amide bonds. The second-order valence-electron chi connectivity index (χ2n) is 5.91. The highest BCUT2D eigenvalue weighted by Crippen LogP contribution is 2.19. The number of methoxy groups -OCH3 is 1. The number of nitriles is 1. The molecule has 0 saturated heterocycles. The van der Waals surface area contributed by atoms with Gasteiger partial charge in [0.2, 0.25) is 0 Å². The molecule has 0 aromatic heterocycles. The van der Waals surface area contributed by atoms with Gasteiger partial charge in [-0.15, -0.1) is 0 Å². The normalized spacial score (nSPS) is 10.6. The fourth-order valence-electron chi connectivity index (χ4n) is 2.50. The number of benzene rings is 2. The molecule has 0 unspecified atom stereocenters. The monoisotopic (exact) mass is 348 g/mol. The number of carbonyl (C=O) groups is 2. The number of carbonyl (C=O) groups excluding carboxylic acids is 2. The molecule has 2 aromatic rings. The third kappa shape index (κ3) is 4.58. The summed E-state index contributed by atoms with van der Waals surface area (Å²) in [5.74, 6) is -0.591. The zero-order valence-electron chi connectivity index (χ0n) is 15.0. The van der Waals surface area contributed by atoms with Crippen molar-refractivity contribution in [1.29, 1.82) is 5.26 Å². The summed E-state index contributed by atoms with van der Waals surface area (Å²) in [4.78, 5) is 25.7. The van der Waals surface area contributed by atoms with Crippen LogP contribution in [0.2, 0.25) is 0 Å². The first-order valence-electron chi connectivity index (χ1n) is 8.16. The van der Waals surface area contributed by atoms with Gasteiger partial charge in [-0.2, -0.15) is 5.26 Å². The van der Waals surface area contributed by atoms with Crippen molar-refractivity contribution >= 4 is 23.6 Å². The van der Waals surface area contributed by atoms with Crippen molar-refractivity contribution in [3.63, 3.8) is 0 Å². The molecule has 0 N–H and O–H groups in total. The van der Waals surface area contributed by atoms with Crippen LogP contribution in [0.3, 0.4) is 0 Å². The van der Waals surface area contributed by atoms with E-state index in [1.807, 2.05) is 13.8 Å². The van der Waals surface area contributed by atoms with Crippen molar-refractivity contribution in [2.24, 2.45) is 0 Å². The Morgan fingerprint density at radius 2 is 1.85 bits per heavy atom. The van der Waals surface area contributed by atoms with Crippen molar-refractivity contribution < 1.29 is 14.3 Å². The fourth-order valence-corrected chi connectivity index (χ4v) is 2.50. The Bertz CT molecular complexity index is 862. The van der Waals surface area contributed by atoms with Crippen molar-refractivity contribution in [2.75, 3.05) is 12.0 Å². The van der Waals surface area contributed by atoms with E-state index >= 15 is 0 Å². The number of hydrogen-bond donors (Lipinski definition) is 0. The van der Waals surface area contributed by atoms with Crippen LogP contribution < -0.4 is 4.90 Å². The van der Waals surface area contributed by atoms with Crippen molar-refractivity contribution in [2.45, 2.75) is 19.9 Å². The summed E-state index contributed by atoms with van der Waals surface area (Å²) in [6, 6.07) is 15.7. The van der Waals surface area contributed by atoms with Crippen LogP contribution in [-0.2, 0) is 9.53 Å². The number of rotatable bonds is 5. The van der Waals surface area contributed by atoms with Gasteiger partial charge in [-0.05, 0) is 55.8 Å². The highest BCUT2D eigenvalue weighted by Gasteiger charge is 2.17. The van der Waals surface area contributed by atoms with Gasteiger partial charge in [0.15, 0.2) is 0 Å². The Morgan fingerprint density at radius 3 is 2.42 bits per heavy atom. The average Bonchev–Trinajstić information content (AvgIpc) is 2.66. The Hall–Kier alpha value is -3.39. The molecule has 132 valence electrons. The van der Waals surface area contributed by atoms with Crippen molar-refractivity contribution in [1.82, 2.24) is 0 Å². The zero-order chi connectivity index (χ0) is 19.1. The second-order valence-corrected chi connectivity index (χ2v) is 5.91. The lowest BCUT2D eigenvalue weighted by Crippen LogP contribution is -2.35. The van der Waals surface area contributed by atoms with Gasteiger partial charge in [0.1, 0.15) is 0 Å². The topological polar surface area (TPSA) is 70.4 Å². The predicted octanol–water partition coefficient (Wildman–Crippen LogP) is 3.80. The number of ether oxygens (including phenoxy) is 1. The summed E-state index contributed by atoms with van der Waals surface area (Å²) in [7, 11) is 1.33. The molecule has 0 heterocycles. The third-order valence-electron chi connectivity index (χ3n) is 3.76. The quantitative estimate of drug-likeness (QED) is 0.609. The number of amides is 1. The smallest absolute Gasteiger partial charge is 0.337 e. The average molecular weight is 348 g/mol. The molecule has 0 spiro atoms. The maximum atomic E-state index is 12.7. The van der Waals surface area contributed by atoms with Crippen LogP contribution >= 0.6 is 0 Å². The van der Waals surface area contributed by atoms with Gasteiger partial charge < -0.3 is 9.64 Å². The van der Waals surface area contributed by atoms with Crippen LogP contribution in [0.5, 0.6) is 0 Å². The van der Waals surface area contributed by atoms with E-state index in [1.165, 1.54) is 13.2 Å². The molecule has 5 heteroatoms. The van der Waals surface area contributed by atoms with Crippen LogP contribution in [0.25, 0.3) is 6.08 Å². The van der Waals surface area contributed by atoms with Gasteiger partial charge in [0.25, 0.3) is 5.91 Å². The van der Waals surface area contributed by atoms with Crippen molar-refractivity contribution in [3.8, 4) is 6.07 Å². The van der Waals surface area contributed by atoms with Crippen LogP contribution in [0.4, 0.5) is 5.69 Å². The predicted molar refractivity (Wildman–Crippen MR) is 101 cm³/mol. The Balaban J connectivity index is 2.20. The summed E-state index contributed by atoms with van der Waals surface area (Å²) in [6.07, 6.45) is 3.17. The molecule has 0 aliphatic rings. The molecular weight excluding hydrogens is 328 g/mol. The Morgan fingerprint density at radius 1 is 1.15 bits per heavy atom. The van der Waals surface area contributed by atoms with E-state index in [2.05, 4.69) is 10.8 Å². The minimum atomic E-state index is -0.403. The molecule has 0 aliphatic carbocycles. The summed E-state index contributed by atoms with van der Waals surface area (Å²) < 4.78 is 4.66. The third-order valence-corrected chi connectivity index (χ3v) is 3.76. The first-order chi connectivity index (χ1) is 12.5. The SMILES string of the molecule is COC(=O)c1ccc(C=CC(=O)N(c2cccc(C#N)c2)C(C)C)cc1. The van der Waals surface area contributed by atoms with E-state index < -0.39 is 5.97 Å². The molecule has 0 bridgehead atoms. The van der Waals surface area contributed by atoms with E-state index in [-0.39, 0.29) is 11.9 Å². The summed E-state index contributed by atoms with van der Waals surface area (Å²) in [5, 5.41) is 9.05. The maximum absolute atomic E-state index is 12.7. The number of anilines is 1. The molecule has 5 nitrogen and oxygen atoms in total. The van der Waals surface area contributed by atoms with Crippen LogP contribution in [0.1, 0.15) is 35.3 Å². The van der Waals surface area contributed by atoms with Gasteiger partial charge in [-0.25, -0.2) is 4.79 Å². The molecule has 26 heavy (non-hydrogen) atoms. The lowest BCUT2D eigenvalue weighted by Gasteiger charge is -2.25. The minimum Gasteiger partial charge on any atom is -0.465 e. The first kappa shape index (κ1) is 18.9. The van der Waals surface area contributed by atoms with Crippen LogP contribution in [0.15, 0.2) is 54.6 Å². The molecule has 2 aromatic carbocycles. The summed E-state index contributed by atoms with van der Waals surface area (Å²) >= 11 is 0. The molecular formula is C21H20N2O3. The van der Waals surface area contributed by atoms with Crippen LogP contribution in [-0.4, -0.2) is 25.0 Å². The minimum absolute atomic E-state index is 0.0669. The lowest BCUT2D eigenvalue weighted by atomic mass is 10.1. The van der Waals surface area contributed by atoms with Crippen LogP contribution in [0, 0.1) is 11.3 Å². The fraction of sp³-hybridized carbons (Fsp3) is 0.190. The molecule has 0 saturated carbocycles. The molecule has 0 atom stereocenters. The molecule has 0 radical (unpaired) electrons. The van der Waals surface area contributed by atoms with Crippen molar-refractivity contribution in [3.05, 3.63) is 71.3 Å². The van der Waals surface area contributed by atoms with Gasteiger partial charge >= 0.3 is 5.97 Å². The molecule has 2 rings (SSSR count). The van der Waals surface area contributed by atoms with E-state index in [4.69, 9.17) is 5.26 Å². The largest absolute Gasteiger partial charge is 0.465 e. The van der Waals surface area contributed by atoms with E-state index in [0.717, 1.165) is 5.56 Å². The van der Waals surface area contributed by atoms with Gasteiger partial charge in [-0.3, -0.25) is 4.79 Å². The Kier molecular flexibility index (Phi) is 6.29. The zero-order valence-corrected chi connectivity index (χ0v) is 15.0. The lowest BCUT2D eigenvalue weighted by molar-refractivity contribution is -0.114. The van der Waals surface area contributed by atoms with Gasteiger partial charge in [-0.1, -0.05) is 18.2 Å². The highest BCUT2D eigenvalue weighted by molar-refractivity contribution is 6.04. The molecule has 0 aliphatic heterocycles. The standard InChI is InChI=1S/C21H20N2O3/c1-15(2)23(19-6-4-5-17(13-19)14-22)20(24)12-9-16-7-10-18(11-8-16)21(25)26-3/h4-13,15H,1-3H3. The summed E-state index contributed by atoms with van der Waals surface area (Å²) in [5.41, 5.74) is 2.42. The number of nitrogens with zero attached hydrogens (tertiary/aromatic N) is 2. The Labute approximate surface area is 153 Å². The number of hydrogen-bond acceptors (Lipinski definition) is 4. The van der Waals surface area contributed by atoms with E-state index in [9.17, 15) is 9.59 Å². The highest BCUT2D eigenvalue weighted by atomic mass is 16.5. The maximum Gasteiger partial charge on any atom is 0.337 e. The van der Waals surface area contributed by atoms with E-state index in [1.54, 1.807) is 59.5 Å². The van der Waals surface area contributed by atoms with E-state index in [0.29, 0.717) is 16.8 Å². The van der Waals surface area contributed by atoms with Gasteiger partial charge in [0, 0.05) is 17.8 Å².